The number of nitrogen functional groups attached to an aromatic ring is 1. The van der Waals surface area contributed by atoms with Crippen LogP contribution in [0.5, 0.6) is 5.75 Å². The van der Waals surface area contributed by atoms with Crippen LogP contribution in [0.25, 0.3) is 11.2 Å². The molecule has 40 heavy (non-hydrogen) atoms. The Labute approximate surface area is 239 Å². The Kier molecular flexibility index (Phi) is 9.61. The zero-order valence-electron chi connectivity index (χ0n) is 21.7. The van der Waals surface area contributed by atoms with Crippen LogP contribution in [0.2, 0.25) is 0 Å². The molecule has 0 bridgehead atoms. The number of imidazole rings is 1. The van der Waals surface area contributed by atoms with Gasteiger partial charge in [-0.25, -0.2) is 23.9 Å². The van der Waals surface area contributed by atoms with E-state index in [0.717, 1.165) is 5.56 Å². The molecule has 14 heteroatoms. The van der Waals surface area contributed by atoms with Gasteiger partial charge in [0.05, 0.1) is 31.7 Å². The van der Waals surface area contributed by atoms with E-state index in [1.54, 1.807) is 68.9 Å². The number of nitrogens with two attached hydrogens (primary N) is 1. The van der Waals surface area contributed by atoms with Gasteiger partial charge in [-0.15, -0.1) is 0 Å². The van der Waals surface area contributed by atoms with Gasteiger partial charge in [-0.05, 0) is 36.8 Å². The molecule has 10 nitrogen and oxygen atoms in total. The molecule has 0 spiro atoms. The van der Waals surface area contributed by atoms with Crippen LogP contribution in [-0.2, 0) is 31.7 Å². The van der Waals surface area contributed by atoms with Gasteiger partial charge in [-0.1, -0.05) is 51.9 Å². The normalized spacial score (nSPS) is 19.8. The predicted octanol–water partition coefficient (Wildman–Crippen LogP) is 5.55. The van der Waals surface area contributed by atoms with Crippen LogP contribution < -0.4 is 10.3 Å². The maximum absolute atomic E-state index is 14.1. The minimum absolute atomic E-state index is 0.272. The lowest BCUT2D eigenvalue weighted by molar-refractivity contribution is -0.0192. The van der Waals surface area contributed by atoms with E-state index in [9.17, 15) is 8.96 Å². The van der Waals surface area contributed by atoms with E-state index in [1.807, 2.05) is 13.0 Å². The minimum atomic E-state index is -3.79. The Morgan fingerprint density at radius 3 is 2.60 bits per heavy atom. The molecule has 0 amide bonds. The molecule has 4 aromatic rings. The van der Waals surface area contributed by atoms with E-state index in [-0.39, 0.29) is 31.0 Å². The molecule has 3 heterocycles. The molecule has 4 atom stereocenters. The zero-order chi connectivity index (χ0) is 28.0. The summed E-state index contributed by atoms with van der Waals surface area (Å²) in [6.45, 7) is 2.52. The van der Waals surface area contributed by atoms with Crippen molar-refractivity contribution in [3.63, 3.8) is 0 Å². The summed E-state index contributed by atoms with van der Waals surface area (Å²) in [5.74, 6) is 1.60. The average Bonchev–Trinajstić information content (AvgIpc) is 3.37. The lowest BCUT2D eigenvalue weighted by Gasteiger charge is -2.33. The summed E-state index contributed by atoms with van der Waals surface area (Å²) in [4.78, 5) is 12.5. The number of anilines is 1. The Morgan fingerprint density at radius 2 is 1.82 bits per heavy atom. The number of halogens is 1. The topological polar surface area (TPSA) is 124 Å². The van der Waals surface area contributed by atoms with Crippen LogP contribution in [0.3, 0.4) is 0 Å². The van der Waals surface area contributed by atoms with Crippen molar-refractivity contribution in [1.29, 1.82) is 0 Å². The molecular weight excluding hydrogens is 576 g/mol. The number of nitrogens with zero attached hydrogens (tertiary/aromatic N) is 4. The van der Waals surface area contributed by atoms with Gasteiger partial charge in [-0.3, -0.25) is 4.52 Å². The highest BCUT2D eigenvalue weighted by molar-refractivity contribution is 8.76. The van der Waals surface area contributed by atoms with Gasteiger partial charge in [0.1, 0.15) is 29.5 Å². The van der Waals surface area contributed by atoms with Crippen molar-refractivity contribution in [2.75, 3.05) is 23.6 Å². The second-order valence-corrected chi connectivity index (χ2v) is 13.6. The molecule has 5 rings (SSSR count). The van der Waals surface area contributed by atoms with Crippen molar-refractivity contribution in [2.24, 2.45) is 0 Å². The molecule has 0 radical (unpaired) electrons. The number of para-hydroxylation sites is 1. The number of aromatic nitrogens is 4. The number of fused-ring (bicyclic) bond motifs is 1. The van der Waals surface area contributed by atoms with Crippen LogP contribution >= 0.6 is 29.2 Å². The fraction of sp³-hybridized carbons (Fsp3) is 0.346. The predicted molar refractivity (Wildman–Crippen MR) is 155 cm³/mol. The second kappa shape index (κ2) is 13.3. The second-order valence-electron chi connectivity index (χ2n) is 9.14. The number of benzene rings is 2. The van der Waals surface area contributed by atoms with Crippen molar-refractivity contribution in [2.45, 2.75) is 38.4 Å². The van der Waals surface area contributed by atoms with Crippen LogP contribution in [-0.4, -0.2) is 55.7 Å². The highest BCUT2D eigenvalue weighted by Gasteiger charge is 2.38. The van der Waals surface area contributed by atoms with E-state index in [1.165, 1.54) is 18.5 Å². The number of hydrogen-bond donors (Lipinski definition) is 1. The molecule has 2 aromatic carbocycles. The largest absolute Gasteiger partial charge is 0.423 e. The summed E-state index contributed by atoms with van der Waals surface area (Å²) < 4.78 is 53.5. The Bertz CT molecular complexity index is 1450. The van der Waals surface area contributed by atoms with Gasteiger partial charge in [0.25, 0.3) is 0 Å². The van der Waals surface area contributed by atoms with E-state index in [0.29, 0.717) is 40.8 Å². The van der Waals surface area contributed by atoms with Crippen molar-refractivity contribution < 1.29 is 27.5 Å². The molecule has 2 N–H and O–H groups in total. The van der Waals surface area contributed by atoms with Crippen LogP contribution in [0.4, 0.5) is 10.2 Å². The van der Waals surface area contributed by atoms with Gasteiger partial charge in [0.2, 0.25) is 0 Å². The zero-order valence-corrected chi connectivity index (χ0v) is 24.2. The van der Waals surface area contributed by atoms with Gasteiger partial charge in [0, 0.05) is 11.5 Å². The van der Waals surface area contributed by atoms with Crippen molar-refractivity contribution in [3.05, 3.63) is 78.6 Å². The fourth-order valence-corrected chi connectivity index (χ4v) is 8.19. The molecule has 1 saturated heterocycles. The molecule has 212 valence electrons. The fourth-order valence-electron chi connectivity index (χ4n) is 3.99. The highest BCUT2D eigenvalue weighted by atomic mass is 33.1. The SMILES string of the molecule is C[C@H](Cn1cnc2c(N)ncnc21)OCP(=O)(Oc1ccccc1)O[C@H]1CSSC[C@@H]1OCc1ccc(F)cc1. The smallest absolute Gasteiger partial charge is 0.405 e. The Balaban J connectivity index is 1.27. The molecule has 0 aliphatic carbocycles. The first-order valence-corrected chi connectivity index (χ1v) is 16.8. The first-order valence-electron chi connectivity index (χ1n) is 12.5. The van der Waals surface area contributed by atoms with E-state index in [2.05, 4.69) is 15.0 Å². The number of ether oxygens (including phenoxy) is 2. The molecule has 1 aliphatic rings. The minimum Gasteiger partial charge on any atom is -0.423 e. The summed E-state index contributed by atoms with van der Waals surface area (Å²) in [5.41, 5.74) is 7.82. The monoisotopic (exact) mass is 605 g/mol. The van der Waals surface area contributed by atoms with Gasteiger partial charge in [-0.2, -0.15) is 0 Å². The molecule has 1 fully saturated rings. The summed E-state index contributed by atoms with van der Waals surface area (Å²) in [6.07, 6.45) is 1.50. The highest BCUT2D eigenvalue weighted by Crippen LogP contribution is 2.52. The average molecular weight is 606 g/mol. The van der Waals surface area contributed by atoms with Gasteiger partial charge in [0.15, 0.2) is 17.8 Å². The van der Waals surface area contributed by atoms with E-state index < -0.39 is 13.7 Å². The summed E-state index contributed by atoms with van der Waals surface area (Å²) in [6, 6.07) is 15.0. The third-order valence-electron chi connectivity index (χ3n) is 6.02. The number of hydrogen-bond acceptors (Lipinski definition) is 11. The quantitative estimate of drug-likeness (QED) is 0.162. The van der Waals surface area contributed by atoms with Gasteiger partial charge >= 0.3 is 7.60 Å². The summed E-state index contributed by atoms with van der Waals surface area (Å²) >= 11 is 0. The first-order chi connectivity index (χ1) is 19.4. The third kappa shape index (κ3) is 7.54. The van der Waals surface area contributed by atoms with E-state index in [4.69, 9.17) is 24.3 Å². The third-order valence-corrected chi connectivity index (χ3v) is 9.98. The van der Waals surface area contributed by atoms with Gasteiger partial charge < -0.3 is 24.3 Å². The maximum atomic E-state index is 14.1. The Hall–Kier alpha value is -2.67. The summed E-state index contributed by atoms with van der Waals surface area (Å²) in [7, 11) is -0.517. The molecule has 2 aromatic heterocycles. The molecule has 0 saturated carbocycles. The maximum Gasteiger partial charge on any atom is 0.405 e. The standard InChI is InChI=1S/C26H29FN5O5PS2/c1-18(11-32-16-31-24-25(28)29-15-30-26(24)32)35-17-38(33,36-21-5-3-2-4-6-21)37-23-14-40-39-13-22(23)34-12-19-7-9-20(27)10-8-19/h2-10,15-16,18,22-23H,11-14,17H2,1H3,(H2,28,29,30)/t18-,22+,23+,38?/m1/s1. The van der Waals surface area contributed by atoms with Crippen molar-refractivity contribution in [3.8, 4) is 5.75 Å². The van der Waals surface area contributed by atoms with Crippen LogP contribution in [0.15, 0.2) is 67.3 Å². The molecule has 1 aliphatic heterocycles. The molecule has 1 unspecified atom stereocenters. The van der Waals surface area contributed by atoms with E-state index >= 15 is 0 Å². The molecular formula is C26H29FN5O5PS2. The first kappa shape index (κ1) is 28.8. The van der Waals surface area contributed by atoms with Crippen LogP contribution in [0.1, 0.15) is 12.5 Å². The van der Waals surface area contributed by atoms with Crippen molar-refractivity contribution in [1.82, 2.24) is 19.5 Å². The summed E-state index contributed by atoms with van der Waals surface area (Å²) in [5, 5.41) is 0. The lowest BCUT2D eigenvalue weighted by Crippen LogP contribution is -2.38. The number of rotatable bonds is 12. The van der Waals surface area contributed by atoms with Crippen molar-refractivity contribution >= 4 is 46.2 Å². The lowest BCUT2D eigenvalue weighted by atomic mass is 10.2. The van der Waals surface area contributed by atoms with Crippen LogP contribution in [0, 0.1) is 5.82 Å². The Morgan fingerprint density at radius 1 is 1.07 bits per heavy atom.